The predicted octanol–water partition coefficient (Wildman–Crippen LogP) is -0.0503. The molecule has 62 valence electrons. The second-order valence-corrected chi connectivity index (χ2v) is 1.69. The molecule has 0 radical (unpaired) electrons. The highest BCUT2D eigenvalue weighted by molar-refractivity contribution is 5.84. The first-order valence-electron chi connectivity index (χ1n) is 2.92. The third-order valence-corrected chi connectivity index (χ3v) is 0.919. The van der Waals surface area contributed by atoms with Crippen molar-refractivity contribution in [1.82, 2.24) is 10.6 Å². The summed E-state index contributed by atoms with van der Waals surface area (Å²) in [5, 5.41) is 4.16. The van der Waals surface area contributed by atoms with E-state index in [0.717, 1.165) is 0 Å². The predicted molar refractivity (Wildman–Crippen MR) is 38.5 cm³/mol. The molecular formula is C6H10N2O3. The quantitative estimate of drug-likeness (QED) is 0.447. The Hall–Kier alpha value is -1.52. The summed E-state index contributed by atoms with van der Waals surface area (Å²) in [4.78, 5) is 20.2. The van der Waals surface area contributed by atoms with Gasteiger partial charge in [-0.1, -0.05) is 0 Å². The molecule has 0 heterocycles. The van der Waals surface area contributed by atoms with Crippen molar-refractivity contribution >= 4 is 12.4 Å². The monoisotopic (exact) mass is 158 g/mol. The first-order valence-corrected chi connectivity index (χ1v) is 2.92. The normalized spacial score (nSPS) is 10.2. The van der Waals surface area contributed by atoms with Gasteiger partial charge in [0.25, 0.3) is 0 Å². The van der Waals surface area contributed by atoms with Crippen LogP contribution in [0, 0.1) is 0 Å². The summed E-state index contributed by atoms with van der Waals surface area (Å²) >= 11 is 0. The first kappa shape index (κ1) is 9.48. The maximum Gasteiger partial charge on any atom is 0.325 e. The number of urea groups is 1. The van der Waals surface area contributed by atoms with E-state index in [0.29, 0.717) is 12.2 Å². The van der Waals surface area contributed by atoms with Gasteiger partial charge in [-0.05, 0) is 6.92 Å². The second-order valence-electron chi connectivity index (χ2n) is 1.69. The number of rotatable bonds is 3. The topological polar surface area (TPSA) is 67.4 Å². The average Bonchev–Trinajstić information content (AvgIpc) is 2.01. The number of amides is 3. The zero-order valence-corrected chi connectivity index (χ0v) is 6.38. The summed E-state index contributed by atoms with van der Waals surface area (Å²) in [5.41, 5.74) is 0. The summed E-state index contributed by atoms with van der Waals surface area (Å²) < 4.78 is 4.71. The van der Waals surface area contributed by atoms with Crippen molar-refractivity contribution in [1.29, 1.82) is 0 Å². The summed E-state index contributed by atoms with van der Waals surface area (Å²) in [7, 11) is 1.48. The summed E-state index contributed by atoms with van der Waals surface area (Å²) in [6, 6.07) is -0.587. The van der Waals surface area contributed by atoms with Crippen LogP contribution in [0.4, 0.5) is 4.79 Å². The van der Waals surface area contributed by atoms with E-state index in [1.54, 1.807) is 6.92 Å². The molecular weight excluding hydrogens is 148 g/mol. The number of carbonyl (C=O) groups excluding carboxylic acids is 2. The molecule has 0 rings (SSSR count). The van der Waals surface area contributed by atoms with Gasteiger partial charge in [-0.3, -0.25) is 10.1 Å². The molecule has 0 saturated carbocycles. The van der Waals surface area contributed by atoms with Crippen LogP contribution in [0.15, 0.2) is 12.0 Å². The molecule has 3 amide bonds. The molecule has 0 aromatic carbocycles. The van der Waals surface area contributed by atoms with Crippen LogP contribution >= 0.6 is 0 Å². The van der Waals surface area contributed by atoms with Crippen molar-refractivity contribution in [2.24, 2.45) is 0 Å². The SMILES string of the molecule is CO/C(C)=C/NC(=O)NC=O. The molecule has 2 N–H and O–H groups in total. The van der Waals surface area contributed by atoms with Gasteiger partial charge >= 0.3 is 6.03 Å². The van der Waals surface area contributed by atoms with Crippen molar-refractivity contribution in [3.63, 3.8) is 0 Å². The largest absolute Gasteiger partial charge is 0.500 e. The minimum Gasteiger partial charge on any atom is -0.500 e. The molecule has 11 heavy (non-hydrogen) atoms. The van der Waals surface area contributed by atoms with Gasteiger partial charge in [0.2, 0.25) is 6.41 Å². The number of hydrogen-bond donors (Lipinski definition) is 2. The Morgan fingerprint density at radius 2 is 2.09 bits per heavy atom. The van der Waals surface area contributed by atoms with Crippen molar-refractivity contribution in [2.45, 2.75) is 6.92 Å². The highest BCUT2D eigenvalue weighted by Crippen LogP contribution is 1.87. The van der Waals surface area contributed by atoms with Crippen molar-refractivity contribution in [2.75, 3.05) is 7.11 Å². The Balaban J connectivity index is 3.68. The highest BCUT2D eigenvalue weighted by Gasteiger charge is 1.93. The lowest BCUT2D eigenvalue weighted by Gasteiger charge is -1.99. The summed E-state index contributed by atoms with van der Waals surface area (Å²) in [5.74, 6) is 0.547. The van der Waals surface area contributed by atoms with E-state index in [9.17, 15) is 9.59 Å². The molecule has 0 atom stereocenters. The fraction of sp³-hybridized carbons (Fsp3) is 0.333. The molecule has 0 fully saturated rings. The third kappa shape index (κ3) is 4.95. The van der Waals surface area contributed by atoms with Gasteiger partial charge in [0.15, 0.2) is 0 Å². The van der Waals surface area contributed by atoms with E-state index in [4.69, 9.17) is 4.74 Å². The number of hydrogen-bond acceptors (Lipinski definition) is 3. The Morgan fingerprint density at radius 3 is 2.55 bits per heavy atom. The smallest absolute Gasteiger partial charge is 0.325 e. The highest BCUT2D eigenvalue weighted by atomic mass is 16.5. The van der Waals surface area contributed by atoms with Crippen molar-refractivity contribution < 1.29 is 14.3 Å². The molecule has 0 saturated heterocycles. The van der Waals surface area contributed by atoms with Gasteiger partial charge in [0.1, 0.15) is 5.76 Å². The van der Waals surface area contributed by atoms with Gasteiger partial charge in [0, 0.05) is 6.20 Å². The van der Waals surface area contributed by atoms with Crippen LogP contribution in [0.25, 0.3) is 0 Å². The van der Waals surface area contributed by atoms with Crippen LogP contribution in [0.5, 0.6) is 0 Å². The molecule has 0 aliphatic carbocycles. The third-order valence-electron chi connectivity index (χ3n) is 0.919. The van der Waals surface area contributed by atoms with Gasteiger partial charge in [0.05, 0.1) is 7.11 Å². The average molecular weight is 158 g/mol. The second kappa shape index (κ2) is 5.28. The number of allylic oxidation sites excluding steroid dienone is 1. The molecule has 5 nitrogen and oxygen atoms in total. The Bertz CT molecular complexity index is 177. The van der Waals surface area contributed by atoms with Crippen LogP contribution in [0.1, 0.15) is 6.92 Å². The number of nitrogens with one attached hydrogen (secondary N) is 2. The number of methoxy groups -OCH3 is 1. The van der Waals surface area contributed by atoms with Crippen molar-refractivity contribution in [3.8, 4) is 0 Å². The maximum absolute atomic E-state index is 10.5. The molecule has 0 bridgehead atoms. The standard InChI is InChI=1S/C6H10N2O3/c1-5(11-2)3-7-6(10)8-4-9/h3-4H,1-2H3,(H2,7,8,9,10)/b5-3+. The number of imide groups is 1. The fourth-order valence-corrected chi connectivity index (χ4v) is 0.321. The van der Waals surface area contributed by atoms with E-state index in [1.807, 2.05) is 5.32 Å². The van der Waals surface area contributed by atoms with Crippen LogP contribution in [0.3, 0.4) is 0 Å². The zero-order chi connectivity index (χ0) is 8.69. The minimum absolute atomic E-state index is 0.297. The zero-order valence-electron chi connectivity index (χ0n) is 6.38. The van der Waals surface area contributed by atoms with E-state index in [-0.39, 0.29) is 0 Å². The lowest BCUT2D eigenvalue weighted by molar-refractivity contribution is -0.108. The van der Waals surface area contributed by atoms with Crippen molar-refractivity contribution in [3.05, 3.63) is 12.0 Å². The summed E-state index contributed by atoms with van der Waals surface area (Å²) in [6.07, 6.45) is 1.64. The van der Waals surface area contributed by atoms with Crippen LogP contribution < -0.4 is 10.6 Å². The minimum atomic E-state index is -0.587. The molecule has 0 unspecified atom stereocenters. The van der Waals surface area contributed by atoms with Gasteiger partial charge in [-0.15, -0.1) is 0 Å². The number of carbonyl (C=O) groups is 2. The molecule has 0 aromatic rings. The van der Waals surface area contributed by atoms with Gasteiger partial charge in [-0.2, -0.15) is 0 Å². The Kier molecular flexibility index (Phi) is 4.55. The number of ether oxygens (including phenoxy) is 1. The summed E-state index contributed by atoms with van der Waals surface area (Å²) in [6.45, 7) is 1.67. The lowest BCUT2D eigenvalue weighted by atomic mass is 10.6. The maximum atomic E-state index is 10.5. The van der Waals surface area contributed by atoms with Crippen LogP contribution in [-0.4, -0.2) is 19.6 Å². The molecule has 0 aliphatic rings. The lowest BCUT2D eigenvalue weighted by Crippen LogP contribution is -2.31. The van der Waals surface area contributed by atoms with E-state index in [2.05, 4.69) is 5.32 Å². The van der Waals surface area contributed by atoms with Gasteiger partial charge < -0.3 is 10.1 Å². The Morgan fingerprint density at radius 1 is 1.45 bits per heavy atom. The molecule has 0 aromatic heterocycles. The van der Waals surface area contributed by atoms with Crippen LogP contribution in [0.2, 0.25) is 0 Å². The van der Waals surface area contributed by atoms with Gasteiger partial charge in [-0.25, -0.2) is 4.79 Å². The fourth-order valence-electron chi connectivity index (χ4n) is 0.321. The molecule has 0 spiro atoms. The van der Waals surface area contributed by atoms with E-state index >= 15 is 0 Å². The molecule has 5 heteroatoms. The first-order chi connectivity index (χ1) is 5.20. The van der Waals surface area contributed by atoms with E-state index in [1.165, 1.54) is 13.3 Å². The van der Waals surface area contributed by atoms with E-state index < -0.39 is 6.03 Å². The Labute approximate surface area is 64.4 Å². The van der Waals surface area contributed by atoms with Crippen LogP contribution in [-0.2, 0) is 9.53 Å². The molecule has 0 aliphatic heterocycles.